The van der Waals surface area contributed by atoms with Crippen molar-refractivity contribution in [3.05, 3.63) is 53.6 Å². The number of nitrogens with one attached hydrogen (secondary N) is 1. The summed E-state index contributed by atoms with van der Waals surface area (Å²) in [6.07, 6.45) is 11.0. The number of fused-ring (bicyclic) bond motifs is 1. The van der Waals surface area contributed by atoms with E-state index in [9.17, 15) is 4.79 Å². The van der Waals surface area contributed by atoms with Gasteiger partial charge in [-0.2, -0.15) is 0 Å². The first-order chi connectivity index (χ1) is 19.4. The van der Waals surface area contributed by atoms with Crippen LogP contribution in [0.2, 0.25) is 5.02 Å². The monoisotopic (exact) mass is 564 g/mol. The number of imidazole rings is 1. The summed E-state index contributed by atoms with van der Waals surface area (Å²) in [5.74, 6) is 1.59. The van der Waals surface area contributed by atoms with Crippen LogP contribution in [-0.2, 0) is 16.0 Å². The summed E-state index contributed by atoms with van der Waals surface area (Å²) in [5.41, 5.74) is 7.69. The van der Waals surface area contributed by atoms with Crippen LogP contribution < -0.4 is 5.73 Å². The number of methoxy groups -OCH3 is 1. The summed E-state index contributed by atoms with van der Waals surface area (Å²) in [4.78, 5) is 25.8. The topological polar surface area (TPSA) is 129 Å². The molecule has 0 radical (unpaired) electrons. The number of hydrogen-bond acceptors (Lipinski definition) is 7. The zero-order valence-corrected chi connectivity index (χ0v) is 23.7. The second-order valence-electron chi connectivity index (χ2n) is 11.0. The molecule has 2 aliphatic carbocycles. The third kappa shape index (κ3) is 6.05. The number of hydrogen-bond donors (Lipinski definition) is 2. The average molecular weight is 565 g/mol. The molecule has 3 N–H and O–H groups in total. The second kappa shape index (κ2) is 12.5. The summed E-state index contributed by atoms with van der Waals surface area (Å²) in [6, 6.07) is 7.40. The van der Waals surface area contributed by atoms with E-state index in [4.69, 9.17) is 42.2 Å². The smallest absolute Gasteiger partial charge is 0.388 e. The van der Waals surface area contributed by atoms with Crippen LogP contribution in [0.4, 0.5) is 4.79 Å². The van der Waals surface area contributed by atoms with Gasteiger partial charge in [-0.25, -0.2) is 19.7 Å². The maximum Gasteiger partial charge on any atom is 0.411 e. The quantitative estimate of drug-likeness (QED) is 0.175. The number of amides is 1. The van der Waals surface area contributed by atoms with E-state index in [0.29, 0.717) is 34.1 Å². The van der Waals surface area contributed by atoms with Crippen LogP contribution in [0.3, 0.4) is 0 Å². The molecule has 2 fully saturated rings. The number of carbonyl (C=O) groups excluding carboxylic acids is 1. The maximum absolute atomic E-state index is 11.4. The minimum Gasteiger partial charge on any atom is -0.388 e. The highest BCUT2D eigenvalue weighted by atomic mass is 35.5. The standard InChI is InChI=1S/C30H37ClN6O3/c1-3-18-12-14-19(15-13-18)17-37-24-23(21-10-7-11-22(31)16-21)34-28(26(32)40-30(33)38)35-27(24)36-29(37)25(39-2)20-8-5-4-6-9-20/h3,7,10-11,16,18-20,25,32H,1,4-6,8-9,12-15,17H2,2H3,(H2,33,38)/t18-,19-,25?. The third-order valence-electron chi connectivity index (χ3n) is 8.39. The van der Waals surface area contributed by atoms with E-state index in [1.807, 2.05) is 18.2 Å². The number of carbonyl (C=O) groups is 1. The Hall–Kier alpha value is -3.30. The summed E-state index contributed by atoms with van der Waals surface area (Å²) >= 11 is 6.40. The Kier molecular flexibility index (Phi) is 8.81. The van der Waals surface area contributed by atoms with E-state index < -0.39 is 12.0 Å². The summed E-state index contributed by atoms with van der Waals surface area (Å²) in [6.45, 7) is 4.76. The fourth-order valence-electron chi connectivity index (χ4n) is 6.35. The predicted octanol–water partition coefficient (Wildman–Crippen LogP) is 6.83. The molecule has 1 aromatic carbocycles. The van der Waals surface area contributed by atoms with Gasteiger partial charge in [-0.15, -0.1) is 6.58 Å². The van der Waals surface area contributed by atoms with Gasteiger partial charge in [0, 0.05) is 24.2 Å². The summed E-state index contributed by atoms with van der Waals surface area (Å²) in [7, 11) is 1.75. The molecule has 212 valence electrons. The molecule has 9 nitrogen and oxygen atoms in total. The van der Waals surface area contributed by atoms with Crippen molar-refractivity contribution in [2.75, 3.05) is 7.11 Å². The van der Waals surface area contributed by atoms with Gasteiger partial charge in [0.1, 0.15) is 23.1 Å². The van der Waals surface area contributed by atoms with E-state index >= 15 is 0 Å². The number of nitrogens with zero attached hydrogens (tertiary/aromatic N) is 4. The predicted molar refractivity (Wildman–Crippen MR) is 155 cm³/mol. The lowest BCUT2D eigenvalue weighted by molar-refractivity contribution is 0.0259. The molecular formula is C30H37ClN6O3. The van der Waals surface area contributed by atoms with Gasteiger partial charge in [-0.1, -0.05) is 49.1 Å². The van der Waals surface area contributed by atoms with Gasteiger partial charge >= 0.3 is 6.09 Å². The molecule has 2 saturated carbocycles. The Labute approximate surface area is 239 Å². The molecule has 0 spiro atoms. The Morgan fingerprint density at radius 3 is 2.58 bits per heavy atom. The zero-order valence-electron chi connectivity index (χ0n) is 22.9. The van der Waals surface area contributed by atoms with Gasteiger partial charge < -0.3 is 19.8 Å². The molecule has 2 aliphatic rings. The minimum atomic E-state index is -1.10. The Morgan fingerprint density at radius 2 is 1.93 bits per heavy atom. The molecule has 40 heavy (non-hydrogen) atoms. The highest BCUT2D eigenvalue weighted by molar-refractivity contribution is 6.30. The van der Waals surface area contributed by atoms with Gasteiger partial charge in [-0.3, -0.25) is 5.41 Å². The van der Waals surface area contributed by atoms with Crippen molar-refractivity contribution in [1.29, 1.82) is 5.41 Å². The first-order valence-corrected chi connectivity index (χ1v) is 14.5. The molecule has 0 aliphatic heterocycles. The van der Waals surface area contributed by atoms with E-state index in [-0.39, 0.29) is 11.9 Å². The highest BCUT2D eigenvalue weighted by Gasteiger charge is 2.33. The van der Waals surface area contributed by atoms with E-state index in [2.05, 4.69) is 22.2 Å². The van der Waals surface area contributed by atoms with Gasteiger partial charge in [0.05, 0.1) is 0 Å². The lowest BCUT2D eigenvalue weighted by atomic mass is 9.82. The van der Waals surface area contributed by atoms with Crippen LogP contribution in [0.15, 0.2) is 36.9 Å². The van der Waals surface area contributed by atoms with Crippen LogP contribution in [-0.4, -0.2) is 38.6 Å². The lowest BCUT2D eigenvalue weighted by Crippen LogP contribution is -2.24. The minimum absolute atomic E-state index is 0.0735. The Morgan fingerprint density at radius 1 is 1.18 bits per heavy atom. The van der Waals surface area contributed by atoms with Gasteiger partial charge in [-0.05, 0) is 68.4 Å². The van der Waals surface area contributed by atoms with Crippen molar-refractivity contribution in [2.45, 2.75) is 70.4 Å². The van der Waals surface area contributed by atoms with Crippen molar-refractivity contribution in [2.24, 2.45) is 23.5 Å². The van der Waals surface area contributed by atoms with Gasteiger partial charge in [0.25, 0.3) is 5.90 Å². The maximum atomic E-state index is 11.4. The Balaban J connectivity index is 1.69. The largest absolute Gasteiger partial charge is 0.411 e. The number of allylic oxidation sites excluding steroid dienone is 1. The number of benzene rings is 1. The highest BCUT2D eigenvalue weighted by Crippen LogP contribution is 2.40. The number of nitrogens with two attached hydrogens (primary N) is 1. The molecule has 2 aromatic heterocycles. The normalized spacial score (nSPS) is 20.8. The number of aromatic nitrogens is 4. The Bertz CT molecular complexity index is 1390. The van der Waals surface area contributed by atoms with Crippen LogP contribution in [0, 0.1) is 23.2 Å². The van der Waals surface area contributed by atoms with Crippen molar-refractivity contribution >= 4 is 34.8 Å². The van der Waals surface area contributed by atoms with Crippen molar-refractivity contribution < 1.29 is 14.3 Å². The molecule has 2 heterocycles. The first kappa shape index (κ1) is 28.2. The van der Waals surface area contributed by atoms with Gasteiger partial charge in [0.15, 0.2) is 5.65 Å². The molecule has 0 saturated heterocycles. The van der Waals surface area contributed by atoms with Crippen molar-refractivity contribution in [3.63, 3.8) is 0 Å². The molecule has 3 aromatic rings. The first-order valence-electron chi connectivity index (χ1n) is 14.1. The molecule has 5 rings (SSSR count). The number of primary amides is 1. The number of halogens is 1. The van der Waals surface area contributed by atoms with E-state index in [1.54, 1.807) is 13.2 Å². The third-order valence-corrected chi connectivity index (χ3v) is 8.62. The van der Waals surface area contributed by atoms with Crippen LogP contribution in [0.25, 0.3) is 22.4 Å². The SMILES string of the molecule is C=C[C@H]1CC[C@H](Cn2c(C(OC)C3CCCCC3)nc3nc(C(=N)OC(N)=O)nc(-c4cccc(Cl)c4)c32)CC1. The molecule has 10 heteroatoms. The second-order valence-corrected chi connectivity index (χ2v) is 11.4. The molecule has 1 atom stereocenters. The lowest BCUT2D eigenvalue weighted by Gasteiger charge is -2.31. The number of ether oxygens (including phenoxy) is 2. The zero-order chi connectivity index (χ0) is 28.2. The molecule has 0 bridgehead atoms. The average Bonchev–Trinajstić information content (AvgIpc) is 3.31. The van der Waals surface area contributed by atoms with Crippen LogP contribution in [0.1, 0.15) is 75.5 Å². The van der Waals surface area contributed by atoms with E-state index in [1.165, 1.54) is 19.3 Å². The van der Waals surface area contributed by atoms with Crippen LogP contribution >= 0.6 is 11.6 Å². The fourth-order valence-corrected chi connectivity index (χ4v) is 6.54. The van der Waals surface area contributed by atoms with Crippen LogP contribution in [0.5, 0.6) is 0 Å². The fraction of sp³-hybridized carbons (Fsp3) is 0.500. The van der Waals surface area contributed by atoms with Crippen molar-refractivity contribution in [1.82, 2.24) is 19.5 Å². The summed E-state index contributed by atoms with van der Waals surface area (Å²) in [5, 5.41) is 8.84. The molecular weight excluding hydrogens is 528 g/mol. The molecule has 1 amide bonds. The van der Waals surface area contributed by atoms with Crippen molar-refractivity contribution in [3.8, 4) is 11.3 Å². The summed E-state index contributed by atoms with van der Waals surface area (Å²) < 4.78 is 13.3. The number of rotatable bonds is 8. The molecule has 1 unspecified atom stereocenters. The van der Waals surface area contributed by atoms with Gasteiger partial charge in [0.2, 0.25) is 5.82 Å². The van der Waals surface area contributed by atoms with E-state index in [0.717, 1.165) is 62.0 Å².